The third-order valence-electron chi connectivity index (χ3n) is 2.29. The highest BCUT2D eigenvalue weighted by molar-refractivity contribution is 7.92. The number of anilines is 1. The van der Waals surface area contributed by atoms with Gasteiger partial charge in [-0.3, -0.25) is 4.72 Å². The molecule has 0 fully saturated rings. The Labute approximate surface area is 108 Å². The lowest BCUT2D eigenvalue weighted by Crippen LogP contribution is -2.14. The van der Waals surface area contributed by atoms with Crippen LogP contribution >= 0.6 is 11.3 Å². The predicted molar refractivity (Wildman–Crippen MR) is 69.4 cm³/mol. The van der Waals surface area contributed by atoms with Gasteiger partial charge in [0.15, 0.2) is 0 Å². The third-order valence-corrected chi connectivity index (χ3v) is 4.39. The van der Waals surface area contributed by atoms with Crippen LogP contribution in [0.4, 0.5) is 10.1 Å². The monoisotopic (exact) mass is 286 g/mol. The molecule has 3 N–H and O–H groups in total. The first-order chi connectivity index (χ1) is 8.53. The zero-order valence-electron chi connectivity index (χ0n) is 9.26. The Bertz CT molecular complexity index is 639. The molecule has 1 aromatic carbocycles. The van der Waals surface area contributed by atoms with Crippen molar-refractivity contribution >= 4 is 27.0 Å². The molecule has 0 aliphatic carbocycles. The molecule has 96 valence electrons. The first-order valence-electron chi connectivity index (χ1n) is 5.06. The average Bonchev–Trinajstić information content (AvgIpc) is 2.80. The van der Waals surface area contributed by atoms with Gasteiger partial charge in [-0.15, -0.1) is 0 Å². The van der Waals surface area contributed by atoms with Crippen LogP contribution in [0.1, 0.15) is 5.56 Å². The molecule has 2 rings (SSSR count). The number of benzene rings is 1. The summed E-state index contributed by atoms with van der Waals surface area (Å²) in [5.74, 6) is -0.805. The molecule has 1 heterocycles. The minimum atomic E-state index is -3.90. The molecule has 0 radical (unpaired) electrons. The quantitative estimate of drug-likeness (QED) is 0.904. The normalized spacial score (nSPS) is 11.4. The highest BCUT2D eigenvalue weighted by Crippen LogP contribution is 2.21. The summed E-state index contributed by atoms with van der Waals surface area (Å²) in [4.78, 5) is -0.383. The lowest BCUT2D eigenvalue weighted by molar-refractivity contribution is 0.569. The topological polar surface area (TPSA) is 72.2 Å². The van der Waals surface area contributed by atoms with E-state index in [1.165, 1.54) is 23.5 Å². The van der Waals surface area contributed by atoms with E-state index in [9.17, 15) is 12.8 Å². The Morgan fingerprint density at radius 2 is 2.11 bits per heavy atom. The first kappa shape index (κ1) is 13.0. The van der Waals surface area contributed by atoms with E-state index in [-0.39, 0.29) is 11.4 Å². The molecule has 0 saturated carbocycles. The zero-order chi connectivity index (χ0) is 13.2. The Kier molecular flexibility index (Phi) is 3.65. The van der Waals surface area contributed by atoms with E-state index in [0.717, 1.165) is 6.07 Å². The van der Waals surface area contributed by atoms with Crippen LogP contribution in [0.15, 0.2) is 39.9 Å². The minimum absolute atomic E-state index is 0.162. The van der Waals surface area contributed by atoms with Gasteiger partial charge in [0, 0.05) is 11.9 Å². The maximum absolute atomic E-state index is 13.7. The molecule has 0 bridgehead atoms. The van der Waals surface area contributed by atoms with Crippen LogP contribution in [0.2, 0.25) is 0 Å². The maximum atomic E-state index is 13.7. The molecule has 0 spiro atoms. The lowest BCUT2D eigenvalue weighted by atomic mass is 10.2. The average molecular weight is 286 g/mol. The van der Waals surface area contributed by atoms with Gasteiger partial charge < -0.3 is 5.73 Å². The summed E-state index contributed by atoms with van der Waals surface area (Å²) in [6.45, 7) is 0.162. The van der Waals surface area contributed by atoms with Crippen molar-refractivity contribution in [2.45, 2.75) is 11.4 Å². The van der Waals surface area contributed by atoms with Gasteiger partial charge in [0.1, 0.15) is 10.7 Å². The molecule has 0 unspecified atom stereocenters. The van der Waals surface area contributed by atoms with Gasteiger partial charge >= 0.3 is 0 Å². The second-order valence-electron chi connectivity index (χ2n) is 3.59. The highest BCUT2D eigenvalue weighted by Gasteiger charge is 2.19. The Balaban J connectivity index is 2.35. The van der Waals surface area contributed by atoms with Crippen LogP contribution in [0.3, 0.4) is 0 Å². The zero-order valence-corrected chi connectivity index (χ0v) is 10.9. The van der Waals surface area contributed by atoms with Crippen LogP contribution in [-0.2, 0) is 16.6 Å². The predicted octanol–water partition coefficient (Wildman–Crippen LogP) is 2.15. The van der Waals surface area contributed by atoms with Crippen molar-refractivity contribution in [2.75, 3.05) is 4.72 Å². The first-order valence-corrected chi connectivity index (χ1v) is 7.49. The van der Waals surface area contributed by atoms with Gasteiger partial charge in [-0.05, 0) is 29.1 Å². The number of rotatable bonds is 4. The largest absolute Gasteiger partial charge is 0.326 e. The Morgan fingerprint density at radius 1 is 1.33 bits per heavy atom. The van der Waals surface area contributed by atoms with E-state index in [4.69, 9.17) is 5.73 Å². The fourth-order valence-electron chi connectivity index (χ4n) is 1.42. The van der Waals surface area contributed by atoms with Crippen molar-refractivity contribution in [1.29, 1.82) is 0 Å². The molecule has 4 nitrogen and oxygen atoms in total. The van der Waals surface area contributed by atoms with Gasteiger partial charge in [-0.2, -0.15) is 11.3 Å². The van der Waals surface area contributed by atoms with Crippen molar-refractivity contribution < 1.29 is 12.8 Å². The summed E-state index contributed by atoms with van der Waals surface area (Å²) in [7, 11) is -3.90. The van der Waals surface area contributed by atoms with Crippen LogP contribution < -0.4 is 10.5 Å². The molecule has 0 aliphatic heterocycles. The summed E-state index contributed by atoms with van der Waals surface area (Å²) in [5.41, 5.74) is 6.32. The number of nitrogens with one attached hydrogen (secondary N) is 1. The summed E-state index contributed by atoms with van der Waals surface area (Å²) in [6.07, 6.45) is 0. The van der Waals surface area contributed by atoms with Crippen molar-refractivity contribution in [3.05, 3.63) is 46.4 Å². The molecule has 0 saturated heterocycles. The van der Waals surface area contributed by atoms with Gasteiger partial charge in [0.05, 0.1) is 5.69 Å². The van der Waals surface area contributed by atoms with E-state index < -0.39 is 15.8 Å². The molecular formula is C11H11FN2O2S2. The van der Waals surface area contributed by atoms with Gasteiger partial charge in [-0.1, -0.05) is 6.07 Å². The standard InChI is InChI=1S/C11H11FN2O2S2/c12-10-5-8(6-13)1-2-11(10)18(15,16)14-9-3-4-17-7-9/h1-5,7,14H,6,13H2. The van der Waals surface area contributed by atoms with Crippen LogP contribution in [-0.4, -0.2) is 8.42 Å². The molecule has 0 atom stereocenters. The summed E-state index contributed by atoms with van der Waals surface area (Å²) in [6, 6.07) is 5.44. The molecule has 18 heavy (non-hydrogen) atoms. The van der Waals surface area contributed by atoms with Crippen molar-refractivity contribution in [3.63, 3.8) is 0 Å². The second-order valence-corrected chi connectivity index (χ2v) is 6.02. The van der Waals surface area contributed by atoms with E-state index in [1.807, 2.05) is 0 Å². The number of hydrogen-bond donors (Lipinski definition) is 2. The second kappa shape index (κ2) is 5.05. The fourth-order valence-corrected chi connectivity index (χ4v) is 3.19. The van der Waals surface area contributed by atoms with Gasteiger partial charge in [-0.25, -0.2) is 12.8 Å². The van der Waals surface area contributed by atoms with E-state index in [1.54, 1.807) is 16.8 Å². The van der Waals surface area contributed by atoms with Gasteiger partial charge in [0.25, 0.3) is 10.0 Å². The highest BCUT2D eigenvalue weighted by atomic mass is 32.2. The van der Waals surface area contributed by atoms with E-state index in [0.29, 0.717) is 11.3 Å². The van der Waals surface area contributed by atoms with Crippen molar-refractivity contribution in [3.8, 4) is 0 Å². The Hall–Kier alpha value is -1.44. The molecule has 0 amide bonds. The molecule has 7 heteroatoms. The van der Waals surface area contributed by atoms with Crippen LogP contribution in [0, 0.1) is 5.82 Å². The van der Waals surface area contributed by atoms with Crippen molar-refractivity contribution in [2.24, 2.45) is 5.73 Å². The number of halogens is 1. The number of thiophene rings is 1. The smallest absolute Gasteiger partial charge is 0.264 e. The van der Waals surface area contributed by atoms with E-state index in [2.05, 4.69) is 4.72 Å². The summed E-state index contributed by atoms with van der Waals surface area (Å²) < 4.78 is 39.9. The molecule has 0 aliphatic rings. The molecule has 2 aromatic rings. The van der Waals surface area contributed by atoms with Crippen LogP contribution in [0.25, 0.3) is 0 Å². The summed E-state index contributed by atoms with van der Waals surface area (Å²) >= 11 is 1.35. The van der Waals surface area contributed by atoms with Crippen LogP contribution in [0.5, 0.6) is 0 Å². The molecule has 1 aromatic heterocycles. The SMILES string of the molecule is NCc1ccc(S(=O)(=O)Nc2ccsc2)c(F)c1. The minimum Gasteiger partial charge on any atom is -0.326 e. The fraction of sp³-hybridized carbons (Fsp3) is 0.0909. The van der Waals surface area contributed by atoms with E-state index >= 15 is 0 Å². The summed E-state index contributed by atoms with van der Waals surface area (Å²) in [5, 5.41) is 3.36. The number of nitrogens with two attached hydrogens (primary N) is 1. The lowest BCUT2D eigenvalue weighted by Gasteiger charge is -2.08. The molecular weight excluding hydrogens is 275 g/mol. The maximum Gasteiger partial charge on any atom is 0.264 e. The van der Waals surface area contributed by atoms with Crippen molar-refractivity contribution in [1.82, 2.24) is 0 Å². The van der Waals surface area contributed by atoms with Gasteiger partial charge in [0.2, 0.25) is 0 Å². The number of hydrogen-bond acceptors (Lipinski definition) is 4. The Morgan fingerprint density at radius 3 is 2.67 bits per heavy atom. The number of sulfonamides is 1. The third kappa shape index (κ3) is 2.69.